The summed E-state index contributed by atoms with van der Waals surface area (Å²) in [6.45, 7) is 6.91. The summed E-state index contributed by atoms with van der Waals surface area (Å²) in [5, 5.41) is 0. The zero-order valence-corrected chi connectivity index (χ0v) is 11.1. The molecular weight excluding hydrogens is 208 g/mol. The van der Waals surface area contributed by atoms with Gasteiger partial charge in [0, 0.05) is 5.92 Å². The zero-order valence-electron chi connectivity index (χ0n) is 11.1. The van der Waals surface area contributed by atoms with E-state index in [1.54, 1.807) is 0 Å². The fourth-order valence-electron chi connectivity index (χ4n) is 3.80. The van der Waals surface area contributed by atoms with Crippen LogP contribution in [0.3, 0.4) is 0 Å². The predicted octanol–water partition coefficient (Wildman–Crippen LogP) is 4.38. The Hall–Kier alpha value is -0.980. The van der Waals surface area contributed by atoms with E-state index in [4.69, 9.17) is 4.74 Å². The lowest BCUT2D eigenvalue weighted by molar-refractivity contribution is -0.0136. The average molecular weight is 230 g/mol. The molecule has 1 nitrogen and oxygen atoms in total. The molecule has 1 heteroatoms. The third-order valence-electron chi connectivity index (χ3n) is 4.70. The Labute approximate surface area is 104 Å². The second kappa shape index (κ2) is 3.76. The van der Waals surface area contributed by atoms with Crippen molar-refractivity contribution >= 4 is 0 Å². The molecule has 1 aliphatic heterocycles. The average Bonchev–Trinajstić information content (AvgIpc) is 2.28. The predicted molar refractivity (Wildman–Crippen MR) is 70.4 cm³/mol. The molecule has 0 saturated heterocycles. The van der Waals surface area contributed by atoms with Crippen LogP contribution in [0.4, 0.5) is 0 Å². The Bertz CT molecular complexity index is 421. The third kappa shape index (κ3) is 1.76. The summed E-state index contributed by atoms with van der Waals surface area (Å²) in [7, 11) is 0. The number of hydrogen-bond donors (Lipinski definition) is 0. The number of ether oxygens (including phenoxy) is 1. The van der Waals surface area contributed by atoms with Crippen LogP contribution >= 0.6 is 0 Å². The first-order chi connectivity index (χ1) is 8.08. The number of para-hydroxylation sites is 1. The van der Waals surface area contributed by atoms with Crippen molar-refractivity contribution in [1.29, 1.82) is 0 Å². The number of fused-ring (bicyclic) bond motifs is 3. The molecule has 0 radical (unpaired) electrons. The summed E-state index contributed by atoms with van der Waals surface area (Å²) in [4.78, 5) is 0. The minimum Gasteiger partial charge on any atom is -0.487 e. The van der Waals surface area contributed by atoms with Gasteiger partial charge in [0.1, 0.15) is 11.4 Å². The summed E-state index contributed by atoms with van der Waals surface area (Å²) >= 11 is 0. The molecule has 1 aromatic carbocycles. The second-order valence-corrected chi connectivity index (χ2v) is 6.37. The van der Waals surface area contributed by atoms with Crippen LogP contribution in [-0.4, -0.2) is 5.60 Å². The van der Waals surface area contributed by atoms with Crippen LogP contribution in [0.15, 0.2) is 24.3 Å². The van der Waals surface area contributed by atoms with E-state index in [1.165, 1.54) is 24.8 Å². The van der Waals surface area contributed by atoms with Crippen LogP contribution in [-0.2, 0) is 0 Å². The van der Waals surface area contributed by atoms with Crippen LogP contribution in [0.5, 0.6) is 5.75 Å². The molecule has 1 saturated carbocycles. The Kier molecular flexibility index (Phi) is 2.46. The van der Waals surface area contributed by atoms with Crippen LogP contribution in [0, 0.1) is 11.8 Å². The summed E-state index contributed by atoms with van der Waals surface area (Å²) in [6, 6.07) is 8.63. The van der Waals surface area contributed by atoms with Crippen molar-refractivity contribution in [2.75, 3.05) is 0 Å². The molecule has 0 spiro atoms. The van der Waals surface area contributed by atoms with Crippen molar-refractivity contribution in [3.05, 3.63) is 29.8 Å². The molecule has 2 aliphatic rings. The van der Waals surface area contributed by atoms with Gasteiger partial charge in [-0.05, 0) is 50.2 Å². The van der Waals surface area contributed by atoms with Crippen molar-refractivity contribution in [2.24, 2.45) is 11.8 Å². The summed E-state index contributed by atoms with van der Waals surface area (Å²) < 4.78 is 6.22. The topological polar surface area (TPSA) is 9.23 Å². The summed E-state index contributed by atoms with van der Waals surface area (Å²) in [5.41, 5.74) is 1.45. The van der Waals surface area contributed by atoms with Gasteiger partial charge in [-0.25, -0.2) is 0 Å². The maximum atomic E-state index is 6.22. The fourth-order valence-corrected chi connectivity index (χ4v) is 3.80. The van der Waals surface area contributed by atoms with Crippen molar-refractivity contribution in [3.8, 4) is 5.75 Å². The molecule has 0 bridgehead atoms. The van der Waals surface area contributed by atoms with E-state index in [0.717, 1.165) is 11.7 Å². The number of hydrogen-bond acceptors (Lipinski definition) is 1. The standard InChI is InChI=1S/C16H22O/c1-11-8-9-14-13(10-11)12-6-4-5-7-15(12)17-16(14,2)3/h4-7,11,13-14H,8-10H2,1-3H3/t11-,13-,14+/m1/s1. The second-order valence-electron chi connectivity index (χ2n) is 6.37. The SMILES string of the molecule is C[C@@H]1CC[C@H]2[C@H](C1)c1ccccc1OC2(C)C. The molecule has 0 unspecified atom stereocenters. The molecule has 3 rings (SSSR count). The summed E-state index contributed by atoms with van der Waals surface area (Å²) in [6.07, 6.45) is 4.00. The van der Waals surface area contributed by atoms with Gasteiger partial charge < -0.3 is 4.74 Å². The third-order valence-corrected chi connectivity index (χ3v) is 4.70. The van der Waals surface area contributed by atoms with E-state index < -0.39 is 0 Å². The Balaban J connectivity index is 2.05. The number of benzene rings is 1. The van der Waals surface area contributed by atoms with Crippen molar-refractivity contribution < 1.29 is 4.74 Å². The van der Waals surface area contributed by atoms with Gasteiger partial charge in [-0.1, -0.05) is 31.5 Å². The van der Waals surface area contributed by atoms with Crippen molar-refractivity contribution in [3.63, 3.8) is 0 Å². The minimum absolute atomic E-state index is 0.000833. The molecule has 1 heterocycles. The molecular formula is C16H22O. The van der Waals surface area contributed by atoms with Gasteiger partial charge >= 0.3 is 0 Å². The quantitative estimate of drug-likeness (QED) is 0.642. The van der Waals surface area contributed by atoms with Gasteiger partial charge in [0.25, 0.3) is 0 Å². The first-order valence-corrected chi connectivity index (χ1v) is 6.86. The monoisotopic (exact) mass is 230 g/mol. The molecule has 0 aromatic heterocycles. The summed E-state index contributed by atoms with van der Waals surface area (Å²) in [5.74, 6) is 3.37. The van der Waals surface area contributed by atoms with E-state index in [0.29, 0.717) is 11.8 Å². The van der Waals surface area contributed by atoms with Gasteiger partial charge in [0.15, 0.2) is 0 Å². The van der Waals surface area contributed by atoms with Crippen LogP contribution < -0.4 is 4.74 Å². The fraction of sp³-hybridized carbons (Fsp3) is 0.625. The van der Waals surface area contributed by atoms with E-state index in [1.807, 2.05) is 0 Å². The smallest absolute Gasteiger partial charge is 0.123 e. The van der Waals surface area contributed by atoms with Gasteiger partial charge in [0.05, 0.1) is 0 Å². The van der Waals surface area contributed by atoms with E-state index in [-0.39, 0.29) is 5.60 Å². The van der Waals surface area contributed by atoms with Crippen molar-refractivity contribution in [2.45, 2.75) is 51.6 Å². The first-order valence-electron chi connectivity index (χ1n) is 6.86. The molecule has 1 fully saturated rings. The van der Waals surface area contributed by atoms with Gasteiger partial charge in [-0.15, -0.1) is 0 Å². The maximum Gasteiger partial charge on any atom is 0.123 e. The lowest BCUT2D eigenvalue weighted by Crippen LogP contribution is -2.46. The largest absolute Gasteiger partial charge is 0.487 e. The molecule has 17 heavy (non-hydrogen) atoms. The lowest BCUT2D eigenvalue weighted by Gasteiger charge is -2.48. The maximum absolute atomic E-state index is 6.22. The van der Waals surface area contributed by atoms with Gasteiger partial charge in [-0.3, -0.25) is 0 Å². The van der Waals surface area contributed by atoms with Crippen LogP contribution in [0.25, 0.3) is 0 Å². The molecule has 3 atom stereocenters. The molecule has 0 amide bonds. The van der Waals surface area contributed by atoms with E-state index in [9.17, 15) is 0 Å². The van der Waals surface area contributed by atoms with Crippen molar-refractivity contribution in [1.82, 2.24) is 0 Å². The Morgan fingerprint density at radius 2 is 1.94 bits per heavy atom. The Morgan fingerprint density at radius 1 is 1.18 bits per heavy atom. The highest BCUT2D eigenvalue weighted by Crippen LogP contribution is 2.52. The normalized spacial score (nSPS) is 34.4. The Morgan fingerprint density at radius 3 is 2.76 bits per heavy atom. The van der Waals surface area contributed by atoms with E-state index >= 15 is 0 Å². The highest BCUT2D eigenvalue weighted by molar-refractivity contribution is 5.40. The zero-order chi connectivity index (χ0) is 12.0. The first kappa shape index (κ1) is 11.1. The number of rotatable bonds is 0. The molecule has 0 N–H and O–H groups in total. The molecule has 1 aliphatic carbocycles. The highest BCUT2D eigenvalue weighted by atomic mass is 16.5. The van der Waals surface area contributed by atoms with Gasteiger partial charge in [0.2, 0.25) is 0 Å². The molecule has 92 valence electrons. The highest BCUT2D eigenvalue weighted by Gasteiger charge is 2.45. The van der Waals surface area contributed by atoms with Gasteiger partial charge in [-0.2, -0.15) is 0 Å². The van der Waals surface area contributed by atoms with Crippen LogP contribution in [0.2, 0.25) is 0 Å². The minimum atomic E-state index is -0.000833. The molecule has 1 aromatic rings. The lowest BCUT2D eigenvalue weighted by atomic mass is 9.64. The van der Waals surface area contributed by atoms with Crippen LogP contribution in [0.1, 0.15) is 51.5 Å². The van der Waals surface area contributed by atoms with E-state index in [2.05, 4.69) is 45.0 Å².